The lowest BCUT2D eigenvalue weighted by Gasteiger charge is -2.38. The SMILES string of the molecule is CN1[C@@H]2CCC(Nc3cccn4c(SC(F)(F)F)c(C#CCNC(=O)C5CC5)cc34)[C@H]1CC2. The number of hydrogen-bond donors (Lipinski definition) is 2. The van der Waals surface area contributed by atoms with Gasteiger partial charge < -0.3 is 15.0 Å². The van der Waals surface area contributed by atoms with Crippen LogP contribution in [0.4, 0.5) is 18.9 Å². The van der Waals surface area contributed by atoms with Crippen molar-refractivity contribution in [1.29, 1.82) is 0 Å². The van der Waals surface area contributed by atoms with Gasteiger partial charge >= 0.3 is 5.51 Å². The predicted octanol–water partition coefficient (Wildman–Crippen LogP) is 4.47. The summed E-state index contributed by atoms with van der Waals surface area (Å²) < 4.78 is 41.6. The Bertz CT molecular complexity index is 1110. The quantitative estimate of drug-likeness (QED) is 0.494. The van der Waals surface area contributed by atoms with E-state index < -0.39 is 5.51 Å². The number of piperidine rings is 1. The molecule has 2 aromatic heterocycles. The Kier molecular flexibility index (Phi) is 6.00. The average molecular weight is 477 g/mol. The molecule has 5 rings (SSSR count). The smallest absolute Gasteiger partial charge is 0.379 e. The Balaban J connectivity index is 1.42. The summed E-state index contributed by atoms with van der Waals surface area (Å²) in [7, 11) is 2.17. The first kappa shape index (κ1) is 22.5. The van der Waals surface area contributed by atoms with Gasteiger partial charge in [0, 0.05) is 42.0 Å². The fourth-order valence-electron chi connectivity index (χ4n) is 5.17. The van der Waals surface area contributed by atoms with Crippen molar-refractivity contribution in [2.24, 2.45) is 5.92 Å². The summed E-state index contributed by atoms with van der Waals surface area (Å²) in [6, 6.07) is 6.77. The van der Waals surface area contributed by atoms with Crippen LogP contribution in [0.2, 0.25) is 0 Å². The molecule has 9 heteroatoms. The van der Waals surface area contributed by atoms with Crippen LogP contribution in [-0.4, -0.2) is 52.4 Å². The third-order valence-corrected chi connectivity index (χ3v) is 7.85. The number of rotatable bonds is 5. The Morgan fingerprint density at radius 2 is 2.00 bits per heavy atom. The molecule has 33 heavy (non-hydrogen) atoms. The molecule has 0 radical (unpaired) electrons. The minimum Gasteiger partial charge on any atom is -0.379 e. The number of amides is 1. The standard InChI is InChI=1S/C24H27F3N4OS/c1-30-17-8-10-19(20(30)11-9-17)29-18-5-3-13-31-21(18)14-16(23(31)33-24(25,26)27)4-2-12-28-22(32)15-6-7-15/h3,5,13-15,17,19-20,29H,6-12H2,1H3,(H,28,32)/t17-,19?,20-/m1/s1. The summed E-state index contributed by atoms with van der Waals surface area (Å²) in [6.07, 6.45) is 7.97. The fourth-order valence-corrected chi connectivity index (χ4v) is 5.86. The van der Waals surface area contributed by atoms with Crippen LogP contribution in [-0.2, 0) is 4.79 Å². The Morgan fingerprint density at radius 3 is 2.76 bits per heavy atom. The van der Waals surface area contributed by atoms with Crippen LogP contribution in [0, 0.1) is 17.8 Å². The molecule has 5 nitrogen and oxygen atoms in total. The van der Waals surface area contributed by atoms with Gasteiger partial charge in [0.05, 0.1) is 23.3 Å². The maximum Gasteiger partial charge on any atom is 0.447 e. The first-order chi connectivity index (χ1) is 15.8. The van der Waals surface area contributed by atoms with Gasteiger partial charge in [-0.2, -0.15) is 13.2 Å². The Hall–Kier alpha value is -2.31. The van der Waals surface area contributed by atoms with E-state index in [1.165, 1.54) is 6.42 Å². The Labute approximate surface area is 195 Å². The zero-order valence-corrected chi connectivity index (χ0v) is 19.2. The maximum atomic E-state index is 13.4. The number of fused-ring (bicyclic) bond motifs is 3. The van der Waals surface area contributed by atoms with Crippen molar-refractivity contribution in [3.05, 3.63) is 30.0 Å². The van der Waals surface area contributed by atoms with E-state index in [1.807, 2.05) is 6.07 Å². The average Bonchev–Trinajstić information content (AvgIpc) is 3.51. The number of carbonyl (C=O) groups excluding carboxylic acids is 1. The van der Waals surface area contributed by atoms with Gasteiger partial charge in [-0.1, -0.05) is 11.8 Å². The van der Waals surface area contributed by atoms with Crippen molar-refractivity contribution >= 4 is 28.9 Å². The fraction of sp³-hybridized carbons (Fsp3) is 0.542. The van der Waals surface area contributed by atoms with Crippen LogP contribution < -0.4 is 10.6 Å². The van der Waals surface area contributed by atoms with E-state index in [1.54, 1.807) is 22.7 Å². The summed E-state index contributed by atoms with van der Waals surface area (Å²) in [5, 5.41) is 6.41. The molecule has 0 spiro atoms. The number of nitrogens with one attached hydrogen (secondary N) is 2. The van der Waals surface area contributed by atoms with Gasteiger partial charge in [0.25, 0.3) is 0 Å². The van der Waals surface area contributed by atoms with E-state index >= 15 is 0 Å². The summed E-state index contributed by atoms with van der Waals surface area (Å²) in [4.78, 5) is 14.2. The van der Waals surface area contributed by atoms with E-state index in [0.717, 1.165) is 37.8 Å². The molecule has 3 aliphatic rings. The number of anilines is 1. The summed E-state index contributed by atoms with van der Waals surface area (Å²) >= 11 is -0.153. The summed E-state index contributed by atoms with van der Waals surface area (Å²) in [5.74, 6) is 5.73. The number of hydrogen-bond acceptors (Lipinski definition) is 4. The largest absolute Gasteiger partial charge is 0.447 e. The minimum atomic E-state index is -4.43. The van der Waals surface area contributed by atoms with Gasteiger partial charge in [-0.15, -0.1) is 0 Å². The molecule has 176 valence electrons. The van der Waals surface area contributed by atoms with Crippen LogP contribution in [0.1, 0.15) is 44.1 Å². The minimum absolute atomic E-state index is 0.0330. The topological polar surface area (TPSA) is 48.8 Å². The first-order valence-corrected chi connectivity index (χ1v) is 12.3. The summed E-state index contributed by atoms with van der Waals surface area (Å²) in [6.45, 7) is 0.125. The van der Waals surface area contributed by atoms with Crippen molar-refractivity contribution in [3.63, 3.8) is 0 Å². The van der Waals surface area contributed by atoms with E-state index in [-0.39, 0.29) is 41.2 Å². The molecule has 1 unspecified atom stereocenters. The zero-order valence-electron chi connectivity index (χ0n) is 18.4. The van der Waals surface area contributed by atoms with Gasteiger partial charge in [-0.25, -0.2) is 0 Å². The lowest BCUT2D eigenvalue weighted by Crippen LogP contribution is -2.48. The van der Waals surface area contributed by atoms with E-state index in [4.69, 9.17) is 0 Å². The molecule has 3 fully saturated rings. The van der Waals surface area contributed by atoms with Crippen LogP contribution in [0.15, 0.2) is 29.4 Å². The van der Waals surface area contributed by atoms with Crippen LogP contribution in [0.3, 0.4) is 0 Å². The molecule has 2 aromatic rings. The van der Waals surface area contributed by atoms with Crippen molar-refractivity contribution in [2.75, 3.05) is 18.9 Å². The molecule has 1 amide bonds. The second kappa shape index (κ2) is 8.80. The highest BCUT2D eigenvalue weighted by molar-refractivity contribution is 8.00. The monoisotopic (exact) mass is 476 g/mol. The number of halogens is 3. The molecule has 1 aliphatic carbocycles. The number of aromatic nitrogens is 1. The number of pyridine rings is 1. The summed E-state index contributed by atoms with van der Waals surface area (Å²) in [5.41, 5.74) is -2.62. The van der Waals surface area contributed by atoms with Crippen LogP contribution in [0.25, 0.3) is 5.52 Å². The van der Waals surface area contributed by atoms with E-state index in [9.17, 15) is 18.0 Å². The molecule has 4 heterocycles. The first-order valence-electron chi connectivity index (χ1n) is 11.4. The molecule has 2 N–H and O–H groups in total. The van der Waals surface area contributed by atoms with Crippen molar-refractivity contribution < 1.29 is 18.0 Å². The number of likely N-dealkylation sites (N-methyl/N-ethyl adjacent to an activating group) is 1. The third-order valence-electron chi connectivity index (χ3n) is 7.01. The van der Waals surface area contributed by atoms with Gasteiger partial charge in [0.1, 0.15) is 5.03 Å². The number of thioether (sulfide) groups is 1. The Morgan fingerprint density at radius 1 is 1.21 bits per heavy atom. The predicted molar refractivity (Wildman–Crippen MR) is 123 cm³/mol. The van der Waals surface area contributed by atoms with Crippen molar-refractivity contribution in [3.8, 4) is 11.8 Å². The lowest BCUT2D eigenvalue weighted by atomic mass is 9.97. The van der Waals surface area contributed by atoms with Gasteiger partial charge in [0.15, 0.2) is 0 Å². The second-order valence-corrected chi connectivity index (χ2v) is 10.2. The van der Waals surface area contributed by atoms with Crippen molar-refractivity contribution in [2.45, 2.75) is 67.2 Å². The van der Waals surface area contributed by atoms with Gasteiger partial charge in [0.2, 0.25) is 5.91 Å². The van der Waals surface area contributed by atoms with Crippen molar-refractivity contribution in [1.82, 2.24) is 14.6 Å². The molecule has 1 saturated carbocycles. The normalized spacial score (nSPS) is 25.0. The highest BCUT2D eigenvalue weighted by Crippen LogP contribution is 2.41. The molecule has 2 aliphatic heterocycles. The van der Waals surface area contributed by atoms with Gasteiger partial charge in [-0.3, -0.25) is 9.69 Å². The molecule has 2 saturated heterocycles. The molecule has 0 aromatic carbocycles. The lowest BCUT2D eigenvalue weighted by molar-refractivity contribution is -0.122. The number of nitrogens with zero attached hydrogens (tertiary/aromatic N) is 2. The zero-order chi connectivity index (χ0) is 23.2. The second-order valence-electron chi connectivity index (χ2n) is 9.17. The molecule has 2 bridgehead atoms. The van der Waals surface area contributed by atoms with Gasteiger partial charge in [-0.05, 0) is 63.8 Å². The highest BCUT2D eigenvalue weighted by atomic mass is 32.2. The maximum absolute atomic E-state index is 13.4. The van der Waals surface area contributed by atoms with E-state index in [0.29, 0.717) is 23.2 Å². The van der Waals surface area contributed by atoms with Crippen LogP contribution in [0.5, 0.6) is 0 Å². The molecular weight excluding hydrogens is 449 g/mol. The van der Waals surface area contributed by atoms with Crippen LogP contribution >= 0.6 is 11.8 Å². The number of carbonyl (C=O) groups is 1. The highest BCUT2D eigenvalue weighted by Gasteiger charge is 2.40. The van der Waals surface area contributed by atoms with E-state index in [2.05, 4.69) is 34.4 Å². The molecule has 3 atom stereocenters. The third kappa shape index (κ3) is 4.82. The number of alkyl halides is 3. The molecular formula is C24H27F3N4OS.